The molecule has 0 bridgehead atoms. The smallest absolute Gasteiger partial charge is 0.253 e. The van der Waals surface area contributed by atoms with Crippen molar-refractivity contribution in [1.29, 1.82) is 0 Å². The molecule has 2 aliphatic heterocycles. The van der Waals surface area contributed by atoms with Gasteiger partial charge < -0.3 is 10.2 Å². The molecule has 1 aromatic heterocycles. The molecule has 19 heavy (non-hydrogen) atoms. The Hall–Kier alpha value is -1.95. The summed E-state index contributed by atoms with van der Waals surface area (Å²) in [4.78, 5) is 14.5. The number of hydrogen-bond acceptors (Lipinski definition) is 4. The molecule has 0 unspecified atom stereocenters. The van der Waals surface area contributed by atoms with Crippen LogP contribution in [0.15, 0.2) is 18.2 Å². The second kappa shape index (κ2) is 4.03. The van der Waals surface area contributed by atoms with Crippen LogP contribution in [-0.2, 0) is 0 Å². The number of rotatable bonds is 1. The number of likely N-dealkylation sites (tertiary alicyclic amines) is 1. The van der Waals surface area contributed by atoms with Crippen LogP contribution in [0, 0.1) is 11.8 Å². The van der Waals surface area contributed by atoms with Crippen LogP contribution in [0.3, 0.4) is 0 Å². The van der Waals surface area contributed by atoms with Crippen molar-refractivity contribution in [2.24, 2.45) is 11.8 Å². The Morgan fingerprint density at radius 2 is 2.05 bits per heavy atom. The van der Waals surface area contributed by atoms with E-state index in [9.17, 15) is 4.79 Å². The molecule has 4 rings (SSSR count). The summed E-state index contributed by atoms with van der Waals surface area (Å²) in [7, 11) is 0. The van der Waals surface area contributed by atoms with Gasteiger partial charge in [-0.2, -0.15) is 0 Å². The quantitative estimate of drug-likeness (QED) is 0.768. The van der Waals surface area contributed by atoms with Crippen LogP contribution in [0.5, 0.6) is 0 Å². The molecule has 2 fully saturated rings. The van der Waals surface area contributed by atoms with Gasteiger partial charge in [-0.05, 0) is 30.0 Å². The highest BCUT2D eigenvalue weighted by Gasteiger charge is 2.38. The van der Waals surface area contributed by atoms with E-state index in [2.05, 4.69) is 20.7 Å². The SMILES string of the molecule is O=C(c1ccc2[nH]nnc2c1)N1C[C@H]2CNC[C@@H]2C1. The zero-order valence-corrected chi connectivity index (χ0v) is 10.5. The third-order valence-electron chi connectivity index (χ3n) is 4.25. The lowest BCUT2D eigenvalue weighted by atomic mass is 10.0. The number of H-pyrrole nitrogens is 1. The summed E-state index contributed by atoms with van der Waals surface area (Å²) < 4.78 is 0. The minimum absolute atomic E-state index is 0.110. The molecule has 0 aliphatic carbocycles. The molecule has 2 saturated heterocycles. The second-order valence-electron chi connectivity index (χ2n) is 5.43. The van der Waals surface area contributed by atoms with Crippen LogP contribution in [0.4, 0.5) is 0 Å². The summed E-state index contributed by atoms with van der Waals surface area (Å²) in [5.74, 6) is 1.36. The number of fused-ring (bicyclic) bond motifs is 2. The van der Waals surface area contributed by atoms with Crippen molar-refractivity contribution < 1.29 is 4.79 Å². The number of benzene rings is 1. The van der Waals surface area contributed by atoms with Gasteiger partial charge in [-0.15, -0.1) is 5.10 Å². The van der Waals surface area contributed by atoms with Crippen LogP contribution >= 0.6 is 0 Å². The molecule has 2 N–H and O–H groups in total. The maximum atomic E-state index is 12.5. The van der Waals surface area contributed by atoms with Crippen molar-refractivity contribution in [2.75, 3.05) is 26.2 Å². The monoisotopic (exact) mass is 257 g/mol. The number of hydrogen-bond donors (Lipinski definition) is 2. The van der Waals surface area contributed by atoms with Crippen molar-refractivity contribution >= 4 is 16.9 Å². The van der Waals surface area contributed by atoms with E-state index in [-0.39, 0.29) is 5.91 Å². The maximum Gasteiger partial charge on any atom is 0.253 e. The highest BCUT2D eigenvalue weighted by Crippen LogP contribution is 2.27. The van der Waals surface area contributed by atoms with Crippen LogP contribution in [0.25, 0.3) is 11.0 Å². The van der Waals surface area contributed by atoms with Gasteiger partial charge in [0, 0.05) is 31.7 Å². The third-order valence-corrected chi connectivity index (χ3v) is 4.25. The number of carbonyl (C=O) groups excluding carboxylic acids is 1. The molecule has 2 aromatic rings. The van der Waals surface area contributed by atoms with Gasteiger partial charge in [0.2, 0.25) is 0 Å². The van der Waals surface area contributed by atoms with Gasteiger partial charge in [0.05, 0.1) is 5.52 Å². The highest BCUT2D eigenvalue weighted by molar-refractivity contribution is 5.97. The molecule has 6 nitrogen and oxygen atoms in total. The number of aromatic amines is 1. The number of aromatic nitrogens is 3. The molecule has 6 heteroatoms. The van der Waals surface area contributed by atoms with Gasteiger partial charge in [0.15, 0.2) is 0 Å². The Bertz CT molecular complexity index is 625. The number of nitrogens with one attached hydrogen (secondary N) is 2. The van der Waals surface area contributed by atoms with E-state index in [1.54, 1.807) is 0 Å². The first-order valence-corrected chi connectivity index (χ1v) is 6.62. The molecule has 0 spiro atoms. The molecular formula is C13H15N5O. The topological polar surface area (TPSA) is 73.9 Å². The van der Waals surface area contributed by atoms with E-state index in [4.69, 9.17) is 0 Å². The van der Waals surface area contributed by atoms with Crippen molar-refractivity contribution in [2.45, 2.75) is 0 Å². The third kappa shape index (κ3) is 1.71. The summed E-state index contributed by atoms with van der Waals surface area (Å²) >= 11 is 0. The number of carbonyl (C=O) groups is 1. The van der Waals surface area contributed by atoms with Gasteiger partial charge in [-0.1, -0.05) is 5.21 Å². The number of amides is 1. The van der Waals surface area contributed by atoms with Gasteiger partial charge >= 0.3 is 0 Å². The summed E-state index contributed by atoms with van der Waals surface area (Å²) in [5, 5.41) is 13.9. The Morgan fingerprint density at radius 3 is 2.84 bits per heavy atom. The van der Waals surface area contributed by atoms with Crippen LogP contribution < -0.4 is 5.32 Å². The fourth-order valence-corrected chi connectivity index (χ4v) is 3.18. The van der Waals surface area contributed by atoms with E-state index in [0.29, 0.717) is 17.4 Å². The Balaban J connectivity index is 1.59. The first kappa shape index (κ1) is 10.9. The largest absolute Gasteiger partial charge is 0.338 e. The molecule has 0 saturated carbocycles. The second-order valence-corrected chi connectivity index (χ2v) is 5.43. The highest BCUT2D eigenvalue weighted by atomic mass is 16.2. The Morgan fingerprint density at radius 1 is 1.26 bits per heavy atom. The van der Waals surface area contributed by atoms with Gasteiger partial charge in [-0.25, -0.2) is 0 Å². The normalized spacial score (nSPS) is 26.0. The Kier molecular flexibility index (Phi) is 2.32. The minimum Gasteiger partial charge on any atom is -0.338 e. The lowest BCUT2D eigenvalue weighted by Gasteiger charge is -2.17. The standard InChI is InChI=1S/C13H15N5O/c19-13(18-6-9-4-14-5-10(9)7-18)8-1-2-11-12(3-8)16-17-15-11/h1-3,9-10,14H,4-7H2,(H,15,16,17)/t9-,10-/m1/s1. The minimum atomic E-state index is 0.110. The summed E-state index contributed by atoms with van der Waals surface area (Å²) in [6.07, 6.45) is 0. The first-order chi connectivity index (χ1) is 9.31. The van der Waals surface area contributed by atoms with E-state index in [0.717, 1.165) is 37.2 Å². The summed E-state index contributed by atoms with van der Waals surface area (Å²) in [6.45, 7) is 3.81. The van der Waals surface area contributed by atoms with E-state index in [1.165, 1.54) is 0 Å². The van der Waals surface area contributed by atoms with Crippen LogP contribution in [0.1, 0.15) is 10.4 Å². The fourth-order valence-electron chi connectivity index (χ4n) is 3.18. The van der Waals surface area contributed by atoms with Crippen molar-refractivity contribution in [3.05, 3.63) is 23.8 Å². The first-order valence-electron chi connectivity index (χ1n) is 6.62. The Labute approximate surface area is 110 Å². The average molecular weight is 257 g/mol. The lowest BCUT2D eigenvalue weighted by Crippen LogP contribution is -2.31. The summed E-state index contributed by atoms with van der Waals surface area (Å²) in [5.41, 5.74) is 2.31. The average Bonchev–Trinajstić information content (AvgIpc) is 3.11. The van der Waals surface area contributed by atoms with Crippen LogP contribution in [0.2, 0.25) is 0 Å². The van der Waals surface area contributed by atoms with Crippen molar-refractivity contribution in [1.82, 2.24) is 25.6 Å². The van der Waals surface area contributed by atoms with Gasteiger partial charge in [0.1, 0.15) is 5.52 Å². The molecule has 1 amide bonds. The molecule has 3 heterocycles. The predicted molar refractivity (Wildman–Crippen MR) is 69.6 cm³/mol. The molecule has 0 radical (unpaired) electrons. The molecular weight excluding hydrogens is 242 g/mol. The molecule has 2 aliphatic rings. The molecule has 2 atom stereocenters. The van der Waals surface area contributed by atoms with E-state index < -0.39 is 0 Å². The molecule has 98 valence electrons. The zero-order valence-electron chi connectivity index (χ0n) is 10.5. The van der Waals surface area contributed by atoms with Crippen molar-refractivity contribution in [3.63, 3.8) is 0 Å². The van der Waals surface area contributed by atoms with Crippen molar-refractivity contribution in [3.8, 4) is 0 Å². The fraction of sp³-hybridized carbons (Fsp3) is 0.462. The van der Waals surface area contributed by atoms with E-state index in [1.807, 2.05) is 23.1 Å². The lowest BCUT2D eigenvalue weighted by molar-refractivity contribution is 0.0782. The zero-order chi connectivity index (χ0) is 12.8. The van der Waals surface area contributed by atoms with E-state index >= 15 is 0 Å². The maximum absolute atomic E-state index is 12.5. The summed E-state index contributed by atoms with van der Waals surface area (Å²) in [6, 6.07) is 5.52. The van der Waals surface area contributed by atoms with Gasteiger partial charge in [0.25, 0.3) is 5.91 Å². The van der Waals surface area contributed by atoms with Gasteiger partial charge in [-0.3, -0.25) is 9.89 Å². The predicted octanol–water partition coefficient (Wildman–Crippen LogP) is 0.249. The van der Waals surface area contributed by atoms with Crippen LogP contribution in [-0.4, -0.2) is 52.4 Å². The molecule has 1 aromatic carbocycles. The number of nitrogens with zero attached hydrogens (tertiary/aromatic N) is 3.